The molecule has 4 heterocycles. The fourth-order valence-electron chi connectivity index (χ4n) is 6.87. The van der Waals surface area contributed by atoms with E-state index in [0.29, 0.717) is 42.4 Å². The largest absolute Gasteiger partial charge is 0.340 e. The Kier molecular flexibility index (Phi) is 8.31. The number of nitrogens with one attached hydrogen (secondary N) is 1. The Morgan fingerprint density at radius 1 is 1.02 bits per heavy atom. The summed E-state index contributed by atoms with van der Waals surface area (Å²) in [6.07, 6.45) is 7.86. The maximum Gasteiger partial charge on any atom is 0.329 e. The Hall–Kier alpha value is -3.66. The molecule has 4 atom stereocenters. The van der Waals surface area contributed by atoms with Crippen LogP contribution in [0.1, 0.15) is 72.3 Å². The van der Waals surface area contributed by atoms with Crippen molar-refractivity contribution in [3.05, 3.63) is 82.5 Å². The maximum absolute atomic E-state index is 14.0. The van der Waals surface area contributed by atoms with E-state index in [0.717, 1.165) is 47.9 Å². The smallest absolute Gasteiger partial charge is 0.329 e. The van der Waals surface area contributed by atoms with Crippen LogP contribution in [0.4, 0.5) is 0 Å². The quantitative estimate of drug-likeness (QED) is 0.270. The van der Waals surface area contributed by atoms with Gasteiger partial charge >= 0.3 is 13.8 Å². The van der Waals surface area contributed by atoms with Crippen LogP contribution < -0.4 is 5.32 Å². The molecular weight excluding hydrogens is 569 g/mol. The standard InChI is InChI=1S/C31H36N5O6P/c37-30(23-10-9-22-8-7-21(16-26(22)17-23)20-43(40,41)42)33-28-6-2-1-5-27-11-12-29(35(27)31(28)38)36(39)34-15-13-25(19-34)24-4-3-14-32-18-24/h3-4,7-10,14,16-18,25,27-29H,1-2,5-6,11-13,15,19-20H2,(H2-,33,37,40,41,42)/p+1/t25?,27-,28-,29+/m0/s1. The number of hydrogen-bond acceptors (Lipinski definition) is 5. The van der Waals surface area contributed by atoms with E-state index in [9.17, 15) is 28.8 Å². The summed E-state index contributed by atoms with van der Waals surface area (Å²) in [4.78, 5) is 66.8. The zero-order valence-corrected chi connectivity index (χ0v) is 24.8. The summed E-state index contributed by atoms with van der Waals surface area (Å²) in [5.74, 6) is -0.396. The number of hydrazine groups is 1. The van der Waals surface area contributed by atoms with Crippen molar-refractivity contribution >= 4 is 30.2 Å². The molecule has 226 valence electrons. The molecule has 3 fully saturated rings. The lowest BCUT2D eigenvalue weighted by atomic mass is 9.98. The minimum absolute atomic E-state index is 0.0292. The molecule has 3 aliphatic rings. The van der Waals surface area contributed by atoms with Gasteiger partial charge in [-0.3, -0.25) is 24.0 Å². The number of nitrogens with zero attached hydrogens (tertiary/aromatic N) is 4. The van der Waals surface area contributed by atoms with Crippen molar-refractivity contribution in [3.63, 3.8) is 0 Å². The van der Waals surface area contributed by atoms with Crippen molar-refractivity contribution in [1.29, 1.82) is 0 Å². The summed E-state index contributed by atoms with van der Waals surface area (Å²) in [6.45, 7) is 1.20. The van der Waals surface area contributed by atoms with Gasteiger partial charge in [-0.05, 0) is 65.8 Å². The van der Waals surface area contributed by atoms with Gasteiger partial charge < -0.3 is 15.1 Å². The van der Waals surface area contributed by atoms with E-state index in [1.807, 2.05) is 18.3 Å². The molecule has 3 saturated heterocycles. The topological polar surface area (TPSA) is 143 Å². The fraction of sp³-hybridized carbons (Fsp3) is 0.452. The molecule has 6 rings (SSSR count). The number of aromatic nitrogens is 1. The molecule has 12 heteroatoms. The van der Waals surface area contributed by atoms with Gasteiger partial charge in [0.2, 0.25) is 0 Å². The molecule has 2 aromatic carbocycles. The van der Waals surface area contributed by atoms with Crippen LogP contribution in [0.5, 0.6) is 0 Å². The normalized spacial score (nSPS) is 24.5. The Bertz CT molecular complexity index is 1580. The van der Waals surface area contributed by atoms with Crippen LogP contribution >= 0.6 is 7.60 Å². The summed E-state index contributed by atoms with van der Waals surface area (Å²) in [5.41, 5.74) is 1.94. The van der Waals surface area contributed by atoms with Crippen molar-refractivity contribution in [2.24, 2.45) is 0 Å². The summed E-state index contributed by atoms with van der Waals surface area (Å²) >= 11 is 0. The average molecular weight is 607 g/mol. The van der Waals surface area contributed by atoms with Crippen molar-refractivity contribution in [3.8, 4) is 0 Å². The highest BCUT2D eigenvalue weighted by Crippen LogP contribution is 2.39. The molecule has 43 heavy (non-hydrogen) atoms. The molecule has 0 bridgehead atoms. The van der Waals surface area contributed by atoms with E-state index in [-0.39, 0.29) is 24.0 Å². The maximum atomic E-state index is 14.0. The Morgan fingerprint density at radius 2 is 1.84 bits per heavy atom. The number of benzene rings is 2. The average Bonchev–Trinajstić information content (AvgIpc) is 3.64. The lowest BCUT2D eigenvalue weighted by Crippen LogP contribution is -2.57. The number of hydrogen-bond donors (Lipinski definition) is 3. The number of amides is 2. The van der Waals surface area contributed by atoms with Crippen LogP contribution in [0.25, 0.3) is 10.8 Å². The van der Waals surface area contributed by atoms with Crippen molar-refractivity contribution in [1.82, 2.24) is 20.2 Å². The first kappa shape index (κ1) is 29.4. The summed E-state index contributed by atoms with van der Waals surface area (Å²) in [5, 5.41) is 6.26. The molecule has 0 spiro atoms. The first-order valence-electron chi connectivity index (χ1n) is 15.0. The number of carbonyl (C=O) groups is 2. The molecule has 0 radical (unpaired) electrons. The van der Waals surface area contributed by atoms with Crippen molar-refractivity contribution in [2.75, 3.05) is 13.1 Å². The molecule has 0 saturated carbocycles. The molecule has 11 nitrogen and oxygen atoms in total. The fourth-order valence-corrected chi connectivity index (χ4v) is 7.54. The second-order valence-electron chi connectivity index (χ2n) is 12.0. The Morgan fingerprint density at radius 3 is 2.63 bits per heavy atom. The van der Waals surface area contributed by atoms with Gasteiger partial charge in [0, 0.05) is 36.3 Å². The minimum Gasteiger partial charge on any atom is -0.340 e. The third-order valence-electron chi connectivity index (χ3n) is 9.02. The minimum atomic E-state index is -4.23. The van der Waals surface area contributed by atoms with Crippen LogP contribution in [0.15, 0.2) is 60.9 Å². The predicted molar refractivity (Wildman–Crippen MR) is 160 cm³/mol. The molecule has 1 aromatic heterocycles. The predicted octanol–water partition coefficient (Wildman–Crippen LogP) is 4.09. The first-order chi connectivity index (χ1) is 20.7. The van der Waals surface area contributed by atoms with Crippen molar-refractivity contribution in [2.45, 2.75) is 75.3 Å². The number of rotatable bonds is 7. The zero-order valence-electron chi connectivity index (χ0n) is 23.9. The Balaban J connectivity index is 1.17. The molecule has 2 amide bonds. The molecule has 0 aliphatic carbocycles. The molecule has 3 aromatic rings. The monoisotopic (exact) mass is 606 g/mol. The molecule has 3 aliphatic heterocycles. The highest BCUT2D eigenvalue weighted by molar-refractivity contribution is 7.50. The Labute approximate surface area is 250 Å². The lowest BCUT2D eigenvalue weighted by molar-refractivity contribution is -0.743. The van der Waals surface area contributed by atoms with E-state index < -0.39 is 25.7 Å². The number of fused-ring (bicyclic) bond motifs is 2. The van der Waals surface area contributed by atoms with Crippen LogP contribution in [-0.2, 0) is 15.5 Å². The third kappa shape index (κ3) is 6.49. The van der Waals surface area contributed by atoms with Gasteiger partial charge in [0.05, 0.1) is 24.2 Å². The van der Waals surface area contributed by atoms with E-state index in [2.05, 4.69) is 10.3 Å². The first-order valence-corrected chi connectivity index (χ1v) is 16.8. The molecule has 1 unspecified atom stereocenters. The number of carbonyl (C=O) groups excluding carboxylic acids is 2. The van der Waals surface area contributed by atoms with E-state index in [1.54, 1.807) is 52.5 Å². The van der Waals surface area contributed by atoms with Crippen LogP contribution in [-0.4, -0.2) is 72.7 Å². The summed E-state index contributed by atoms with van der Waals surface area (Å²) in [6, 6.07) is 13.4. The third-order valence-corrected chi connectivity index (χ3v) is 9.80. The van der Waals surface area contributed by atoms with Crippen molar-refractivity contribution < 1.29 is 28.8 Å². The van der Waals surface area contributed by atoms with E-state index in [1.165, 1.54) is 0 Å². The van der Waals surface area contributed by atoms with Crippen LogP contribution in [0.2, 0.25) is 0 Å². The highest BCUT2D eigenvalue weighted by Gasteiger charge is 2.51. The lowest BCUT2D eigenvalue weighted by Gasteiger charge is -2.32. The van der Waals surface area contributed by atoms with Crippen LogP contribution in [0, 0.1) is 4.91 Å². The molecule has 3 N–H and O–H groups in total. The van der Waals surface area contributed by atoms with Gasteiger partial charge in [-0.2, -0.15) is 0 Å². The molecular formula is C31H37N5O6P+. The second kappa shape index (κ2) is 12.1. The SMILES string of the molecule is O=C(N[C@H]1CCCC[C@H]2CC[C@@H]([N+](=O)N3CCC(c4cccnc4)C3)N2C1=O)c1ccc2ccc(CP(=O)(O)O)cc2c1. The highest BCUT2D eigenvalue weighted by atomic mass is 31.2. The second-order valence-corrected chi connectivity index (χ2v) is 13.6. The summed E-state index contributed by atoms with van der Waals surface area (Å²) in [7, 11) is -4.23. The van der Waals surface area contributed by atoms with Gasteiger partial charge in [-0.25, -0.2) is 0 Å². The van der Waals surface area contributed by atoms with Gasteiger partial charge in [-0.1, -0.05) is 43.2 Å². The van der Waals surface area contributed by atoms with Crippen LogP contribution in [0.3, 0.4) is 0 Å². The van der Waals surface area contributed by atoms with Gasteiger partial charge in [0.15, 0.2) is 0 Å². The zero-order chi connectivity index (χ0) is 30.1. The van der Waals surface area contributed by atoms with E-state index >= 15 is 0 Å². The van der Waals surface area contributed by atoms with Gasteiger partial charge in [0.25, 0.3) is 11.8 Å². The number of nitroso groups, excluding NO2 is 1. The number of pyridine rings is 1. The van der Waals surface area contributed by atoms with Gasteiger partial charge in [0.1, 0.15) is 10.9 Å². The summed E-state index contributed by atoms with van der Waals surface area (Å²) < 4.78 is 11.5. The van der Waals surface area contributed by atoms with Gasteiger partial charge in [-0.15, -0.1) is 5.01 Å². The van der Waals surface area contributed by atoms with E-state index in [4.69, 9.17) is 0 Å².